The molecule has 3 aromatic rings. The maximum atomic E-state index is 15.0. The normalized spacial score (nSPS) is 18.0. The zero-order valence-corrected chi connectivity index (χ0v) is 20.1. The fraction of sp³-hybridized carbons (Fsp3) is 0.379. The highest BCUT2D eigenvalue weighted by Crippen LogP contribution is 2.38. The second-order valence-electron chi connectivity index (χ2n) is 8.95. The summed E-state index contributed by atoms with van der Waals surface area (Å²) in [5, 5.41) is 0. The summed E-state index contributed by atoms with van der Waals surface area (Å²) in [7, 11) is 0. The summed E-state index contributed by atoms with van der Waals surface area (Å²) in [5.74, 6) is -3.82. The Hall–Kier alpha value is -2.86. The van der Waals surface area contributed by atoms with Crippen LogP contribution in [0.3, 0.4) is 0 Å². The smallest absolute Gasteiger partial charge is 0.200 e. The minimum absolute atomic E-state index is 0.0565. The maximum Gasteiger partial charge on any atom is 0.200 e. The molecule has 0 aromatic heterocycles. The van der Waals surface area contributed by atoms with E-state index in [-0.39, 0.29) is 42.1 Å². The molecule has 0 amide bonds. The Bertz CT molecular complexity index is 1150. The monoisotopic (exact) mass is 486 g/mol. The lowest BCUT2D eigenvalue weighted by Gasteiger charge is -2.29. The molecule has 1 fully saturated rings. The van der Waals surface area contributed by atoms with E-state index in [2.05, 4.69) is 0 Å². The van der Waals surface area contributed by atoms with Crippen molar-refractivity contribution in [3.05, 3.63) is 88.5 Å². The van der Waals surface area contributed by atoms with Crippen molar-refractivity contribution in [3.8, 4) is 16.9 Å². The minimum Gasteiger partial charge on any atom is -0.491 e. The first-order chi connectivity index (χ1) is 16.9. The molecule has 0 saturated heterocycles. The summed E-state index contributed by atoms with van der Waals surface area (Å²) < 4.78 is 69.2. The highest BCUT2D eigenvalue weighted by atomic mass is 19.2. The van der Waals surface area contributed by atoms with Gasteiger partial charge in [0.1, 0.15) is 0 Å². The molecule has 1 aliphatic carbocycles. The molecule has 1 saturated carbocycles. The molecule has 0 atom stereocenters. The third-order valence-corrected chi connectivity index (χ3v) is 6.80. The van der Waals surface area contributed by atoms with Crippen molar-refractivity contribution in [2.75, 3.05) is 6.61 Å². The van der Waals surface area contributed by atoms with E-state index in [4.69, 9.17) is 9.47 Å². The van der Waals surface area contributed by atoms with Gasteiger partial charge in [-0.15, -0.1) is 0 Å². The summed E-state index contributed by atoms with van der Waals surface area (Å²) in [6.45, 7) is 3.93. The lowest BCUT2D eigenvalue weighted by atomic mass is 9.82. The number of rotatable bonds is 8. The van der Waals surface area contributed by atoms with Gasteiger partial charge in [0.2, 0.25) is 5.82 Å². The van der Waals surface area contributed by atoms with Crippen molar-refractivity contribution in [2.45, 2.75) is 64.6 Å². The van der Waals surface area contributed by atoms with Gasteiger partial charge in [0, 0.05) is 11.1 Å². The van der Waals surface area contributed by atoms with Crippen molar-refractivity contribution in [3.63, 3.8) is 0 Å². The Balaban J connectivity index is 1.37. The predicted octanol–water partition coefficient (Wildman–Crippen LogP) is 8.11. The quantitative estimate of drug-likeness (QED) is 0.299. The third kappa shape index (κ3) is 5.53. The summed E-state index contributed by atoms with van der Waals surface area (Å²) in [6.07, 6.45) is 3.26. The van der Waals surface area contributed by atoms with Crippen LogP contribution in [-0.2, 0) is 17.8 Å². The van der Waals surface area contributed by atoms with Gasteiger partial charge in [0.05, 0.1) is 19.3 Å². The van der Waals surface area contributed by atoms with Gasteiger partial charge in [0.15, 0.2) is 23.2 Å². The van der Waals surface area contributed by atoms with Crippen LogP contribution in [0.15, 0.2) is 48.5 Å². The van der Waals surface area contributed by atoms with E-state index >= 15 is 4.39 Å². The third-order valence-electron chi connectivity index (χ3n) is 6.80. The first-order valence-electron chi connectivity index (χ1n) is 12.2. The number of benzene rings is 3. The standard InChI is InChI=1S/C29H30F4O2/c1-3-18-5-7-19(8-6-18)23-14-15-24(28(32)27(23)31)20-9-12-22(13-10-20)35-17-21-11-16-25(34-4-2)29(33)26(21)30/h5-8,11,14-16,20,22H,3-4,9-10,12-13,17H2,1-2H3. The molecule has 6 heteroatoms. The topological polar surface area (TPSA) is 18.5 Å². The molecule has 0 spiro atoms. The van der Waals surface area contributed by atoms with Crippen molar-refractivity contribution in [1.82, 2.24) is 0 Å². The molecule has 35 heavy (non-hydrogen) atoms. The highest BCUT2D eigenvalue weighted by Gasteiger charge is 2.27. The average molecular weight is 487 g/mol. The molecular weight excluding hydrogens is 456 g/mol. The summed E-state index contributed by atoms with van der Waals surface area (Å²) >= 11 is 0. The van der Waals surface area contributed by atoms with Gasteiger partial charge >= 0.3 is 0 Å². The Kier molecular flexibility index (Phi) is 8.11. The van der Waals surface area contributed by atoms with Gasteiger partial charge in [-0.25, -0.2) is 13.2 Å². The largest absolute Gasteiger partial charge is 0.491 e. The van der Waals surface area contributed by atoms with Gasteiger partial charge in [-0.1, -0.05) is 43.3 Å². The molecule has 0 N–H and O–H groups in total. The van der Waals surface area contributed by atoms with Crippen LogP contribution in [0.25, 0.3) is 11.1 Å². The lowest BCUT2D eigenvalue weighted by molar-refractivity contribution is 0.0116. The van der Waals surface area contributed by atoms with E-state index in [1.54, 1.807) is 19.1 Å². The zero-order valence-electron chi connectivity index (χ0n) is 20.1. The van der Waals surface area contributed by atoms with Crippen LogP contribution >= 0.6 is 0 Å². The zero-order chi connectivity index (χ0) is 24.9. The van der Waals surface area contributed by atoms with Crippen LogP contribution < -0.4 is 4.74 Å². The Labute approximate surface area is 203 Å². The van der Waals surface area contributed by atoms with Gasteiger partial charge < -0.3 is 9.47 Å². The van der Waals surface area contributed by atoms with Crippen LogP contribution in [0.4, 0.5) is 17.6 Å². The average Bonchev–Trinajstić information content (AvgIpc) is 2.88. The van der Waals surface area contributed by atoms with Crippen LogP contribution in [0.1, 0.15) is 62.1 Å². The number of ether oxygens (including phenoxy) is 2. The molecule has 186 valence electrons. The SMILES string of the molecule is CCOc1ccc(COC2CCC(c3ccc(-c4ccc(CC)cc4)c(F)c3F)CC2)c(F)c1F. The van der Waals surface area contributed by atoms with E-state index in [0.29, 0.717) is 36.8 Å². The fourth-order valence-electron chi connectivity index (χ4n) is 4.72. The van der Waals surface area contributed by atoms with E-state index in [9.17, 15) is 13.2 Å². The molecule has 0 bridgehead atoms. The summed E-state index contributed by atoms with van der Waals surface area (Å²) in [6, 6.07) is 13.7. The first kappa shape index (κ1) is 25.2. The van der Waals surface area contributed by atoms with E-state index in [0.717, 1.165) is 12.0 Å². The molecule has 0 unspecified atom stereocenters. The molecule has 0 radical (unpaired) electrons. The molecule has 3 aromatic carbocycles. The molecular formula is C29H30F4O2. The Morgan fingerprint density at radius 2 is 1.46 bits per heavy atom. The first-order valence-corrected chi connectivity index (χ1v) is 12.2. The van der Waals surface area contributed by atoms with Gasteiger partial charge in [-0.3, -0.25) is 0 Å². The molecule has 0 heterocycles. The second kappa shape index (κ2) is 11.3. The van der Waals surface area contributed by atoms with Crippen LogP contribution in [0, 0.1) is 23.3 Å². The number of hydrogen-bond donors (Lipinski definition) is 0. The number of hydrogen-bond acceptors (Lipinski definition) is 2. The van der Waals surface area contributed by atoms with Crippen molar-refractivity contribution in [2.24, 2.45) is 0 Å². The van der Waals surface area contributed by atoms with Gasteiger partial charge in [0.25, 0.3) is 0 Å². The highest BCUT2D eigenvalue weighted by molar-refractivity contribution is 5.65. The summed E-state index contributed by atoms with van der Waals surface area (Å²) in [5.41, 5.74) is 2.56. The fourth-order valence-corrected chi connectivity index (χ4v) is 4.72. The second-order valence-corrected chi connectivity index (χ2v) is 8.95. The van der Waals surface area contributed by atoms with Crippen LogP contribution in [0.2, 0.25) is 0 Å². The Morgan fingerprint density at radius 3 is 2.11 bits per heavy atom. The maximum absolute atomic E-state index is 15.0. The molecule has 0 aliphatic heterocycles. The van der Waals surface area contributed by atoms with Gasteiger partial charge in [-0.05, 0) is 73.8 Å². The number of aryl methyl sites for hydroxylation is 1. The minimum atomic E-state index is -1.01. The van der Waals surface area contributed by atoms with E-state index in [1.165, 1.54) is 12.1 Å². The molecule has 4 rings (SSSR count). The van der Waals surface area contributed by atoms with Crippen molar-refractivity contribution in [1.29, 1.82) is 0 Å². The van der Waals surface area contributed by atoms with Crippen molar-refractivity contribution >= 4 is 0 Å². The van der Waals surface area contributed by atoms with E-state index in [1.807, 2.05) is 31.2 Å². The Morgan fingerprint density at radius 1 is 0.743 bits per heavy atom. The van der Waals surface area contributed by atoms with Crippen LogP contribution in [-0.4, -0.2) is 12.7 Å². The predicted molar refractivity (Wildman–Crippen MR) is 128 cm³/mol. The lowest BCUT2D eigenvalue weighted by Crippen LogP contribution is -2.21. The van der Waals surface area contributed by atoms with Crippen molar-refractivity contribution < 1.29 is 27.0 Å². The number of halogens is 4. The molecule has 1 aliphatic rings. The van der Waals surface area contributed by atoms with Gasteiger partial charge in [-0.2, -0.15) is 4.39 Å². The summed E-state index contributed by atoms with van der Waals surface area (Å²) in [4.78, 5) is 0. The van der Waals surface area contributed by atoms with Crippen LogP contribution in [0.5, 0.6) is 5.75 Å². The molecule has 2 nitrogen and oxygen atoms in total. The van der Waals surface area contributed by atoms with E-state index < -0.39 is 23.3 Å².